The molecule has 0 aliphatic carbocycles. The number of amides is 2. The molecule has 1 aromatic carbocycles. The number of anilines is 1. The molecule has 0 saturated carbocycles. The standard InChI is InChI=1S/C17H23N3O5/c1-4-23-11-9-19-24-10-8-14(25-19)20-16(21)12-6-5-7-13(18(2)3)15(12)17(20)22/h5-7,14H,4,8-11H2,1-3H3. The van der Waals surface area contributed by atoms with Crippen LogP contribution < -0.4 is 4.90 Å². The number of hydroxylamine groups is 2. The van der Waals surface area contributed by atoms with Crippen LogP contribution in [0.15, 0.2) is 18.2 Å². The Morgan fingerprint density at radius 3 is 2.80 bits per heavy atom. The topological polar surface area (TPSA) is 71.6 Å². The van der Waals surface area contributed by atoms with E-state index in [0.717, 1.165) is 5.69 Å². The smallest absolute Gasteiger partial charge is 0.265 e. The molecule has 8 nitrogen and oxygen atoms in total. The molecule has 0 N–H and O–H groups in total. The van der Waals surface area contributed by atoms with Crippen molar-refractivity contribution in [1.29, 1.82) is 0 Å². The predicted octanol–water partition coefficient (Wildman–Crippen LogP) is 1.28. The molecule has 25 heavy (non-hydrogen) atoms. The van der Waals surface area contributed by atoms with Crippen molar-refractivity contribution in [1.82, 2.24) is 10.1 Å². The fraction of sp³-hybridized carbons (Fsp3) is 0.529. The first-order valence-corrected chi connectivity index (χ1v) is 8.37. The summed E-state index contributed by atoms with van der Waals surface area (Å²) in [6, 6.07) is 5.28. The van der Waals surface area contributed by atoms with Gasteiger partial charge in [0.05, 0.1) is 30.9 Å². The molecule has 8 heteroatoms. The summed E-state index contributed by atoms with van der Waals surface area (Å²) in [5.74, 6) is -0.665. The van der Waals surface area contributed by atoms with Crippen molar-refractivity contribution in [2.75, 3.05) is 45.4 Å². The van der Waals surface area contributed by atoms with Crippen LogP contribution in [0.25, 0.3) is 0 Å². The maximum absolute atomic E-state index is 12.9. The molecule has 0 aromatic heterocycles. The number of rotatable bonds is 6. The summed E-state index contributed by atoms with van der Waals surface area (Å²) in [4.78, 5) is 39.8. The van der Waals surface area contributed by atoms with Crippen molar-refractivity contribution < 1.29 is 24.0 Å². The van der Waals surface area contributed by atoms with Crippen molar-refractivity contribution in [2.24, 2.45) is 0 Å². The molecule has 2 aliphatic heterocycles. The van der Waals surface area contributed by atoms with Gasteiger partial charge in [0.2, 0.25) is 0 Å². The Balaban J connectivity index is 1.78. The summed E-state index contributed by atoms with van der Waals surface area (Å²) in [7, 11) is 3.69. The molecule has 1 atom stereocenters. The Kier molecular flexibility index (Phi) is 5.33. The highest BCUT2D eigenvalue weighted by atomic mass is 17.0. The Hall–Kier alpha value is -2.00. The van der Waals surface area contributed by atoms with Gasteiger partial charge in [-0.3, -0.25) is 14.4 Å². The van der Waals surface area contributed by atoms with Gasteiger partial charge in [-0.2, -0.15) is 0 Å². The number of fused-ring (bicyclic) bond motifs is 1. The van der Waals surface area contributed by atoms with Crippen molar-refractivity contribution in [3.8, 4) is 0 Å². The number of carbonyl (C=O) groups is 2. The first-order chi connectivity index (χ1) is 12.0. The zero-order chi connectivity index (χ0) is 18.0. The van der Waals surface area contributed by atoms with Gasteiger partial charge in [0.1, 0.15) is 0 Å². The molecular formula is C17H23N3O5. The van der Waals surface area contributed by atoms with Gasteiger partial charge in [-0.05, 0) is 19.1 Å². The molecule has 3 rings (SSSR count). The lowest BCUT2D eigenvalue weighted by atomic mass is 10.1. The van der Waals surface area contributed by atoms with Crippen LogP contribution in [0.3, 0.4) is 0 Å². The van der Waals surface area contributed by atoms with E-state index in [4.69, 9.17) is 14.4 Å². The van der Waals surface area contributed by atoms with Gasteiger partial charge in [-0.1, -0.05) is 11.3 Å². The number of carbonyl (C=O) groups excluding carboxylic acids is 2. The van der Waals surface area contributed by atoms with Gasteiger partial charge in [-0.15, -0.1) is 0 Å². The highest BCUT2D eigenvalue weighted by Crippen LogP contribution is 2.33. The molecule has 1 aromatic rings. The molecule has 0 bridgehead atoms. The van der Waals surface area contributed by atoms with E-state index in [-0.39, 0.29) is 11.8 Å². The molecule has 2 heterocycles. The summed E-state index contributed by atoms with van der Waals surface area (Å²) in [6.07, 6.45) is -0.258. The Morgan fingerprint density at radius 2 is 2.08 bits per heavy atom. The van der Waals surface area contributed by atoms with Gasteiger partial charge in [-0.25, -0.2) is 9.74 Å². The second kappa shape index (κ2) is 7.49. The van der Waals surface area contributed by atoms with Crippen LogP contribution in [0, 0.1) is 0 Å². The highest BCUT2D eigenvalue weighted by molar-refractivity contribution is 6.23. The summed E-state index contributed by atoms with van der Waals surface area (Å²) in [5.41, 5.74) is 1.55. The number of nitrogens with zero attached hydrogens (tertiary/aromatic N) is 3. The van der Waals surface area contributed by atoms with Crippen molar-refractivity contribution >= 4 is 17.5 Å². The molecule has 0 radical (unpaired) electrons. The molecule has 2 aliphatic rings. The average molecular weight is 349 g/mol. The van der Waals surface area contributed by atoms with Crippen molar-refractivity contribution in [3.63, 3.8) is 0 Å². The summed E-state index contributed by atoms with van der Waals surface area (Å²) >= 11 is 0. The first-order valence-electron chi connectivity index (χ1n) is 8.37. The van der Waals surface area contributed by atoms with Gasteiger partial charge in [0.15, 0.2) is 6.23 Å². The maximum atomic E-state index is 12.9. The third-order valence-electron chi connectivity index (χ3n) is 4.16. The molecule has 2 amide bonds. The summed E-state index contributed by atoms with van der Waals surface area (Å²) in [5, 5.41) is 1.29. The van der Waals surface area contributed by atoms with E-state index in [1.165, 1.54) is 10.1 Å². The van der Waals surface area contributed by atoms with Crippen molar-refractivity contribution in [3.05, 3.63) is 29.3 Å². The maximum Gasteiger partial charge on any atom is 0.265 e. The Bertz CT molecular complexity index is 664. The van der Waals surface area contributed by atoms with Gasteiger partial charge in [0, 0.05) is 32.8 Å². The zero-order valence-corrected chi connectivity index (χ0v) is 14.7. The molecule has 136 valence electrons. The highest BCUT2D eigenvalue weighted by Gasteiger charge is 2.44. The van der Waals surface area contributed by atoms with E-state index in [9.17, 15) is 9.59 Å². The second-order valence-corrected chi connectivity index (χ2v) is 6.01. The largest absolute Gasteiger partial charge is 0.380 e. The minimum absolute atomic E-state index is 0.332. The fourth-order valence-electron chi connectivity index (χ4n) is 2.97. The first kappa shape index (κ1) is 17.8. The van der Waals surface area contributed by atoms with E-state index in [1.807, 2.05) is 32.0 Å². The number of hydrogen-bond acceptors (Lipinski definition) is 7. The minimum Gasteiger partial charge on any atom is -0.380 e. The molecule has 1 saturated heterocycles. The Labute approximate surface area is 146 Å². The monoisotopic (exact) mass is 349 g/mol. The average Bonchev–Trinajstić information content (AvgIpc) is 2.86. The Morgan fingerprint density at radius 1 is 1.28 bits per heavy atom. The van der Waals surface area contributed by atoms with E-state index >= 15 is 0 Å². The third kappa shape index (κ3) is 3.38. The quantitative estimate of drug-likeness (QED) is 0.566. The van der Waals surface area contributed by atoms with Gasteiger partial charge in [0.25, 0.3) is 11.8 Å². The van der Waals surface area contributed by atoms with E-state index < -0.39 is 6.23 Å². The van der Waals surface area contributed by atoms with Gasteiger partial charge < -0.3 is 9.64 Å². The minimum atomic E-state index is -0.683. The number of hydrogen-bond donors (Lipinski definition) is 0. The van der Waals surface area contributed by atoms with Crippen LogP contribution in [0.5, 0.6) is 0 Å². The summed E-state index contributed by atoms with van der Waals surface area (Å²) < 4.78 is 5.28. The second-order valence-electron chi connectivity index (χ2n) is 6.01. The summed E-state index contributed by atoms with van der Waals surface area (Å²) in [6.45, 7) is 3.71. The van der Waals surface area contributed by atoms with E-state index in [1.54, 1.807) is 12.1 Å². The zero-order valence-electron chi connectivity index (χ0n) is 14.7. The van der Waals surface area contributed by atoms with Crippen LogP contribution in [0.2, 0.25) is 0 Å². The van der Waals surface area contributed by atoms with Crippen LogP contribution in [0.1, 0.15) is 34.1 Å². The predicted molar refractivity (Wildman–Crippen MR) is 89.9 cm³/mol. The van der Waals surface area contributed by atoms with Crippen LogP contribution in [0.4, 0.5) is 5.69 Å². The molecule has 1 fully saturated rings. The van der Waals surface area contributed by atoms with Gasteiger partial charge >= 0.3 is 0 Å². The van der Waals surface area contributed by atoms with E-state index in [0.29, 0.717) is 43.9 Å². The van der Waals surface area contributed by atoms with Crippen molar-refractivity contribution in [2.45, 2.75) is 19.6 Å². The molecular weight excluding hydrogens is 326 g/mol. The number of imide groups is 1. The van der Waals surface area contributed by atoms with Crippen LogP contribution in [-0.4, -0.2) is 68.6 Å². The lowest BCUT2D eigenvalue weighted by Gasteiger charge is -2.35. The number of ether oxygens (including phenoxy) is 1. The fourth-order valence-corrected chi connectivity index (χ4v) is 2.97. The van der Waals surface area contributed by atoms with E-state index in [2.05, 4.69) is 0 Å². The lowest BCUT2D eigenvalue weighted by molar-refractivity contribution is -0.425. The SMILES string of the molecule is CCOCCN1OCCC(N2C(=O)c3cccc(N(C)C)c3C2=O)O1. The third-order valence-corrected chi connectivity index (χ3v) is 4.16. The molecule has 0 spiro atoms. The normalized spacial score (nSPS) is 20.9. The number of benzene rings is 1. The van der Waals surface area contributed by atoms with Crippen LogP contribution in [-0.2, 0) is 14.4 Å². The van der Waals surface area contributed by atoms with Crippen LogP contribution >= 0.6 is 0 Å². The lowest BCUT2D eigenvalue weighted by Crippen LogP contribution is -2.49. The molecule has 1 unspecified atom stereocenters.